The van der Waals surface area contributed by atoms with Crippen LogP contribution < -0.4 is 9.47 Å². The molecular formula is C23H19FO4. The number of halogens is 1. The first-order chi connectivity index (χ1) is 13.6. The molecule has 0 bridgehead atoms. The topological polar surface area (TPSA) is 55.8 Å². The molecule has 0 fully saturated rings. The molecule has 142 valence electrons. The smallest absolute Gasteiger partial charge is 0.336 e. The van der Waals surface area contributed by atoms with Crippen LogP contribution in [0.15, 0.2) is 72.8 Å². The van der Waals surface area contributed by atoms with E-state index in [2.05, 4.69) is 0 Å². The van der Waals surface area contributed by atoms with Gasteiger partial charge in [0.05, 0.1) is 12.7 Å². The summed E-state index contributed by atoms with van der Waals surface area (Å²) in [5.74, 6) is -0.333. The first-order valence-electron chi connectivity index (χ1n) is 8.62. The van der Waals surface area contributed by atoms with E-state index in [1.807, 2.05) is 6.07 Å². The third-order valence-electron chi connectivity index (χ3n) is 4.12. The average molecular weight is 378 g/mol. The lowest BCUT2D eigenvalue weighted by Gasteiger charge is -2.12. The van der Waals surface area contributed by atoms with Gasteiger partial charge in [0.25, 0.3) is 0 Å². The van der Waals surface area contributed by atoms with Crippen LogP contribution in [0, 0.1) is 5.82 Å². The van der Waals surface area contributed by atoms with E-state index in [1.165, 1.54) is 19.2 Å². The third kappa shape index (κ3) is 4.76. The Morgan fingerprint density at radius 1 is 1.00 bits per heavy atom. The van der Waals surface area contributed by atoms with Gasteiger partial charge in [-0.3, -0.25) is 0 Å². The molecule has 0 aromatic heterocycles. The molecule has 0 aliphatic rings. The molecule has 0 saturated heterocycles. The van der Waals surface area contributed by atoms with Crippen LogP contribution in [0.3, 0.4) is 0 Å². The monoisotopic (exact) mass is 378 g/mol. The number of ether oxygens (including phenoxy) is 2. The van der Waals surface area contributed by atoms with E-state index >= 15 is 0 Å². The van der Waals surface area contributed by atoms with Crippen molar-refractivity contribution >= 4 is 17.6 Å². The lowest BCUT2D eigenvalue weighted by molar-refractivity contribution is -0.130. The molecular weight excluding hydrogens is 359 g/mol. The zero-order valence-corrected chi connectivity index (χ0v) is 15.3. The molecule has 0 aliphatic carbocycles. The van der Waals surface area contributed by atoms with Gasteiger partial charge in [-0.1, -0.05) is 48.5 Å². The second kappa shape index (κ2) is 8.86. The maximum absolute atomic E-state index is 13.0. The zero-order valence-electron chi connectivity index (χ0n) is 15.3. The highest BCUT2D eigenvalue weighted by molar-refractivity contribution is 6.20. The fourth-order valence-corrected chi connectivity index (χ4v) is 2.69. The van der Waals surface area contributed by atoms with Crippen LogP contribution in [-0.2, 0) is 11.4 Å². The largest absolute Gasteiger partial charge is 0.493 e. The molecule has 0 aliphatic heterocycles. The minimum atomic E-state index is -1.02. The van der Waals surface area contributed by atoms with Crippen molar-refractivity contribution in [3.8, 4) is 11.5 Å². The number of aliphatic carboxylic acids is 1. The summed E-state index contributed by atoms with van der Waals surface area (Å²) in [6, 6.07) is 20.1. The predicted molar refractivity (Wildman–Crippen MR) is 106 cm³/mol. The first kappa shape index (κ1) is 19.2. The van der Waals surface area contributed by atoms with Gasteiger partial charge in [0.15, 0.2) is 11.5 Å². The zero-order chi connectivity index (χ0) is 19.9. The van der Waals surface area contributed by atoms with E-state index in [4.69, 9.17) is 9.47 Å². The highest BCUT2D eigenvalue weighted by Crippen LogP contribution is 2.30. The molecule has 0 unspecified atom stereocenters. The summed E-state index contributed by atoms with van der Waals surface area (Å²) in [6.07, 6.45) is 1.59. The molecule has 3 aromatic rings. The van der Waals surface area contributed by atoms with Gasteiger partial charge in [0.1, 0.15) is 12.4 Å². The molecule has 0 heterocycles. The van der Waals surface area contributed by atoms with Crippen molar-refractivity contribution in [3.63, 3.8) is 0 Å². The summed E-state index contributed by atoms with van der Waals surface area (Å²) in [5, 5.41) is 9.58. The summed E-state index contributed by atoms with van der Waals surface area (Å²) in [6.45, 7) is 0.230. The van der Waals surface area contributed by atoms with Crippen LogP contribution in [0.1, 0.15) is 16.7 Å². The number of methoxy groups -OCH3 is 1. The van der Waals surface area contributed by atoms with E-state index < -0.39 is 5.97 Å². The predicted octanol–water partition coefficient (Wildman–Crippen LogP) is 5.04. The van der Waals surface area contributed by atoms with Gasteiger partial charge < -0.3 is 14.6 Å². The molecule has 0 spiro atoms. The van der Waals surface area contributed by atoms with Gasteiger partial charge >= 0.3 is 5.97 Å². The summed E-state index contributed by atoms with van der Waals surface area (Å²) in [5.41, 5.74) is 2.26. The SMILES string of the molecule is COc1ccc(/C=C(\C(=O)O)c2ccccc2)cc1OCc1ccc(F)cc1. The second-order valence-corrected chi connectivity index (χ2v) is 6.05. The molecule has 0 amide bonds. The number of benzene rings is 3. The molecule has 3 rings (SSSR count). The fourth-order valence-electron chi connectivity index (χ4n) is 2.69. The number of carboxylic acid groups (broad SMARTS) is 1. The van der Waals surface area contributed by atoms with Crippen LogP contribution >= 0.6 is 0 Å². The van der Waals surface area contributed by atoms with Crippen LogP contribution in [0.2, 0.25) is 0 Å². The van der Waals surface area contributed by atoms with Crippen molar-refractivity contribution in [1.82, 2.24) is 0 Å². The number of carboxylic acids is 1. The number of carbonyl (C=O) groups is 1. The van der Waals surface area contributed by atoms with Crippen LogP contribution in [0.5, 0.6) is 11.5 Å². The third-order valence-corrected chi connectivity index (χ3v) is 4.12. The van der Waals surface area contributed by atoms with E-state index in [1.54, 1.807) is 60.7 Å². The van der Waals surface area contributed by atoms with E-state index in [0.717, 1.165) is 5.56 Å². The van der Waals surface area contributed by atoms with E-state index in [0.29, 0.717) is 22.6 Å². The molecule has 0 atom stereocenters. The van der Waals surface area contributed by atoms with Gasteiger partial charge in [-0.25, -0.2) is 9.18 Å². The second-order valence-electron chi connectivity index (χ2n) is 6.05. The maximum Gasteiger partial charge on any atom is 0.336 e. The van der Waals surface area contributed by atoms with Crippen LogP contribution in [0.25, 0.3) is 11.6 Å². The van der Waals surface area contributed by atoms with E-state index in [9.17, 15) is 14.3 Å². The molecule has 5 heteroatoms. The van der Waals surface area contributed by atoms with E-state index in [-0.39, 0.29) is 18.0 Å². The Morgan fingerprint density at radius 2 is 1.71 bits per heavy atom. The standard InChI is InChI=1S/C23H19FO4/c1-27-21-12-9-17(13-20(23(25)26)18-5-3-2-4-6-18)14-22(21)28-15-16-7-10-19(24)11-8-16/h2-14H,15H2,1H3,(H,25,26)/b20-13-. The van der Waals surface area contributed by atoms with Crippen molar-refractivity contribution < 1.29 is 23.8 Å². The lowest BCUT2D eigenvalue weighted by Crippen LogP contribution is -2.00. The Morgan fingerprint density at radius 3 is 2.36 bits per heavy atom. The Bertz CT molecular complexity index is 979. The van der Waals surface area contributed by atoms with Crippen LogP contribution in [-0.4, -0.2) is 18.2 Å². The van der Waals surface area contributed by atoms with Gasteiger partial charge in [-0.15, -0.1) is 0 Å². The number of hydrogen-bond donors (Lipinski definition) is 1. The van der Waals surface area contributed by atoms with Crippen molar-refractivity contribution in [1.29, 1.82) is 0 Å². The lowest BCUT2D eigenvalue weighted by atomic mass is 10.0. The van der Waals surface area contributed by atoms with Crippen molar-refractivity contribution in [3.05, 3.63) is 95.3 Å². The van der Waals surface area contributed by atoms with Gasteiger partial charge in [0, 0.05) is 0 Å². The summed E-state index contributed by atoms with van der Waals surface area (Å²) in [7, 11) is 1.53. The first-order valence-corrected chi connectivity index (χ1v) is 8.62. The quantitative estimate of drug-likeness (QED) is 0.462. The summed E-state index contributed by atoms with van der Waals surface area (Å²) < 4.78 is 24.2. The van der Waals surface area contributed by atoms with Crippen molar-refractivity contribution in [2.24, 2.45) is 0 Å². The number of hydrogen-bond acceptors (Lipinski definition) is 3. The highest BCUT2D eigenvalue weighted by atomic mass is 19.1. The van der Waals surface area contributed by atoms with Crippen molar-refractivity contribution in [2.45, 2.75) is 6.61 Å². The Kier molecular flexibility index (Phi) is 6.07. The Labute approximate surface area is 162 Å². The summed E-state index contributed by atoms with van der Waals surface area (Å²) in [4.78, 5) is 11.7. The highest BCUT2D eigenvalue weighted by Gasteiger charge is 2.12. The average Bonchev–Trinajstić information content (AvgIpc) is 2.72. The normalized spacial score (nSPS) is 11.1. The molecule has 1 N–H and O–H groups in total. The Balaban J connectivity index is 1.89. The minimum Gasteiger partial charge on any atom is -0.493 e. The molecule has 3 aromatic carbocycles. The van der Waals surface area contributed by atoms with Crippen LogP contribution in [0.4, 0.5) is 4.39 Å². The fraction of sp³-hybridized carbons (Fsp3) is 0.0870. The van der Waals surface area contributed by atoms with Gasteiger partial charge in [-0.2, -0.15) is 0 Å². The number of rotatable bonds is 7. The minimum absolute atomic E-state index is 0.176. The van der Waals surface area contributed by atoms with Gasteiger partial charge in [0.2, 0.25) is 0 Å². The molecule has 4 nitrogen and oxygen atoms in total. The maximum atomic E-state index is 13.0. The Hall–Kier alpha value is -3.60. The van der Waals surface area contributed by atoms with Crippen molar-refractivity contribution in [2.75, 3.05) is 7.11 Å². The summed E-state index contributed by atoms with van der Waals surface area (Å²) >= 11 is 0. The van der Waals surface area contributed by atoms with Gasteiger partial charge in [-0.05, 0) is 47.0 Å². The molecule has 0 radical (unpaired) electrons. The molecule has 28 heavy (non-hydrogen) atoms. The molecule has 0 saturated carbocycles.